The van der Waals surface area contributed by atoms with Gasteiger partial charge in [0.2, 0.25) is 0 Å². The third-order valence-corrected chi connectivity index (χ3v) is 4.10. The predicted octanol–water partition coefficient (Wildman–Crippen LogP) is 4.74. The van der Waals surface area contributed by atoms with Gasteiger partial charge >= 0.3 is 0 Å². The zero-order valence-corrected chi connectivity index (χ0v) is 13.6. The quantitative estimate of drug-likeness (QED) is 0.678. The van der Waals surface area contributed by atoms with E-state index in [0.717, 1.165) is 16.8 Å². The predicted molar refractivity (Wildman–Crippen MR) is 86.8 cm³/mol. The van der Waals surface area contributed by atoms with Crippen LogP contribution in [0, 0.1) is 10.6 Å². The Balaban J connectivity index is 2.24. The summed E-state index contributed by atoms with van der Waals surface area (Å²) in [7, 11) is 1.66. The van der Waals surface area contributed by atoms with Gasteiger partial charge in [0.05, 0.1) is 22.1 Å². The Labute approximate surface area is 134 Å². The maximum atomic E-state index is 13.6. The first-order chi connectivity index (χ1) is 10.1. The van der Waals surface area contributed by atoms with Crippen molar-refractivity contribution in [1.29, 1.82) is 0 Å². The average molecular weight is 367 g/mol. The molecule has 2 aromatic carbocycles. The zero-order chi connectivity index (χ0) is 15.0. The number of aromatic nitrogens is 2. The monoisotopic (exact) mass is 366 g/mol. The van der Waals surface area contributed by atoms with Gasteiger partial charge in [-0.1, -0.05) is 12.1 Å². The highest BCUT2D eigenvalue weighted by Crippen LogP contribution is 2.26. The normalized spacial score (nSPS) is 11.2. The van der Waals surface area contributed by atoms with Gasteiger partial charge in [-0.3, -0.25) is 4.57 Å². The van der Waals surface area contributed by atoms with Crippen LogP contribution in [0.2, 0.25) is 0 Å². The second-order valence-electron chi connectivity index (χ2n) is 4.65. The number of ether oxygens (including phenoxy) is 1. The molecule has 6 heteroatoms. The lowest BCUT2D eigenvalue weighted by Crippen LogP contribution is -1.96. The van der Waals surface area contributed by atoms with E-state index in [1.165, 1.54) is 6.07 Å². The van der Waals surface area contributed by atoms with Gasteiger partial charge in [0, 0.05) is 18.9 Å². The van der Waals surface area contributed by atoms with Crippen molar-refractivity contribution in [2.24, 2.45) is 0 Å². The number of nitrogens with zero attached hydrogens (tertiary/aromatic N) is 1. The lowest BCUT2D eigenvalue weighted by atomic mass is 10.2. The molecule has 0 aliphatic carbocycles. The van der Waals surface area contributed by atoms with Gasteiger partial charge in [-0.25, -0.2) is 4.39 Å². The average Bonchev–Trinajstić information content (AvgIpc) is 2.75. The fourth-order valence-electron chi connectivity index (χ4n) is 2.31. The lowest BCUT2D eigenvalue weighted by Gasteiger charge is -2.07. The molecule has 3 aromatic rings. The third-order valence-electron chi connectivity index (χ3n) is 3.20. The Morgan fingerprint density at radius 2 is 2.14 bits per heavy atom. The molecule has 0 saturated heterocycles. The number of hydrogen-bond acceptors (Lipinski definition) is 2. The molecule has 21 heavy (non-hydrogen) atoms. The zero-order valence-electron chi connectivity index (χ0n) is 11.2. The van der Waals surface area contributed by atoms with Gasteiger partial charge < -0.3 is 9.72 Å². The first-order valence-electron chi connectivity index (χ1n) is 6.28. The van der Waals surface area contributed by atoms with Crippen molar-refractivity contribution < 1.29 is 9.13 Å². The van der Waals surface area contributed by atoms with E-state index in [-0.39, 0.29) is 5.82 Å². The summed E-state index contributed by atoms with van der Waals surface area (Å²) in [5, 5.41) is 0. The van der Waals surface area contributed by atoms with Gasteiger partial charge in [0.25, 0.3) is 0 Å². The Hall–Kier alpha value is -1.50. The largest absolute Gasteiger partial charge is 0.380 e. The van der Waals surface area contributed by atoms with E-state index in [9.17, 15) is 4.39 Å². The van der Waals surface area contributed by atoms with Gasteiger partial charge in [-0.2, -0.15) is 0 Å². The number of imidazole rings is 1. The summed E-state index contributed by atoms with van der Waals surface area (Å²) >= 11 is 8.58. The van der Waals surface area contributed by atoms with Crippen LogP contribution in [0.5, 0.6) is 0 Å². The summed E-state index contributed by atoms with van der Waals surface area (Å²) in [4.78, 5) is 3.03. The van der Waals surface area contributed by atoms with Crippen molar-refractivity contribution >= 4 is 39.2 Å². The molecular weight excluding hydrogens is 355 g/mol. The highest BCUT2D eigenvalue weighted by Gasteiger charge is 2.10. The molecule has 0 unspecified atom stereocenters. The molecule has 0 saturated carbocycles. The molecule has 0 aliphatic rings. The fraction of sp³-hybridized carbons (Fsp3) is 0.133. The maximum absolute atomic E-state index is 13.6. The smallest absolute Gasteiger partial charge is 0.182 e. The molecule has 1 aromatic heterocycles. The minimum Gasteiger partial charge on any atom is -0.380 e. The standard InChI is InChI=1S/C15H12BrFN2OS/c1-20-8-9-3-2-4-10(5-9)19-14-6-11(16)12(17)7-13(14)18-15(19)21/h2-7H,8H2,1H3,(H,18,21). The van der Waals surface area contributed by atoms with Gasteiger partial charge in [-0.05, 0) is 51.9 Å². The van der Waals surface area contributed by atoms with E-state index in [1.54, 1.807) is 13.2 Å². The van der Waals surface area contributed by atoms with E-state index < -0.39 is 0 Å². The van der Waals surface area contributed by atoms with Gasteiger partial charge in [0.1, 0.15) is 5.82 Å². The molecule has 1 N–H and O–H groups in total. The number of methoxy groups -OCH3 is 1. The Morgan fingerprint density at radius 1 is 1.33 bits per heavy atom. The summed E-state index contributed by atoms with van der Waals surface area (Å²) in [6.45, 7) is 0.530. The summed E-state index contributed by atoms with van der Waals surface area (Å²) in [6.07, 6.45) is 0. The lowest BCUT2D eigenvalue weighted by molar-refractivity contribution is 0.185. The second kappa shape index (κ2) is 5.71. The number of nitrogens with one attached hydrogen (secondary N) is 1. The summed E-state index contributed by atoms with van der Waals surface area (Å²) in [5.41, 5.74) is 3.45. The molecule has 0 bridgehead atoms. The first kappa shape index (κ1) is 14.4. The highest BCUT2D eigenvalue weighted by atomic mass is 79.9. The Bertz CT molecular complexity index is 872. The van der Waals surface area contributed by atoms with Crippen LogP contribution in [-0.2, 0) is 11.3 Å². The maximum Gasteiger partial charge on any atom is 0.182 e. The van der Waals surface area contributed by atoms with Crippen molar-refractivity contribution in [2.45, 2.75) is 6.61 Å². The van der Waals surface area contributed by atoms with Crippen molar-refractivity contribution in [3.8, 4) is 5.69 Å². The fourth-order valence-corrected chi connectivity index (χ4v) is 2.96. The van der Waals surface area contributed by atoms with Crippen LogP contribution in [0.3, 0.4) is 0 Å². The molecule has 3 rings (SSSR count). The molecule has 1 heterocycles. The van der Waals surface area contributed by atoms with E-state index in [4.69, 9.17) is 17.0 Å². The van der Waals surface area contributed by atoms with Crippen LogP contribution < -0.4 is 0 Å². The van der Waals surface area contributed by atoms with Crippen LogP contribution in [0.15, 0.2) is 40.9 Å². The molecule has 0 fully saturated rings. The number of aromatic amines is 1. The number of benzene rings is 2. The van der Waals surface area contributed by atoms with Crippen molar-refractivity contribution in [1.82, 2.24) is 9.55 Å². The van der Waals surface area contributed by atoms with Crippen LogP contribution in [0.4, 0.5) is 4.39 Å². The van der Waals surface area contributed by atoms with E-state index in [2.05, 4.69) is 20.9 Å². The number of fused-ring (bicyclic) bond motifs is 1. The van der Waals surface area contributed by atoms with Gasteiger partial charge in [0.15, 0.2) is 4.77 Å². The highest BCUT2D eigenvalue weighted by molar-refractivity contribution is 9.10. The number of H-pyrrole nitrogens is 1. The minimum absolute atomic E-state index is 0.320. The van der Waals surface area contributed by atoms with Crippen LogP contribution in [0.25, 0.3) is 16.7 Å². The molecule has 0 atom stereocenters. The van der Waals surface area contributed by atoms with Crippen molar-refractivity contribution in [3.63, 3.8) is 0 Å². The van der Waals surface area contributed by atoms with Crippen molar-refractivity contribution in [2.75, 3.05) is 7.11 Å². The van der Waals surface area contributed by atoms with Crippen molar-refractivity contribution in [3.05, 3.63) is 57.0 Å². The Kier molecular flexibility index (Phi) is 3.93. The third kappa shape index (κ3) is 2.66. The SMILES string of the molecule is COCc1cccc(-n2c(=S)[nH]c3cc(F)c(Br)cc32)c1. The van der Waals surface area contributed by atoms with E-state index in [0.29, 0.717) is 21.4 Å². The first-order valence-corrected chi connectivity index (χ1v) is 7.48. The molecular formula is C15H12BrFN2OS. The summed E-state index contributed by atoms with van der Waals surface area (Å²) in [6, 6.07) is 11.1. The van der Waals surface area contributed by atoms with Crippen LogP contribution in [-0.4, -0.2) is 16.7 Å². The minimum atomic E-state index is -0.320. The van der Waals surface area contributed by atoms with Gasteiger partial charge in [-0.15, -0.1) is 0 Å². The Morgan fingerprint density at radius 3 is 2.90 bits per heavy atom. The van der Waals surface area contributed by atoms with Crippen LogP contribution >= 0.6 is 28.1 Å². The van der Waals surface area contributed by atoms with E-state index in [1.807, 2.05) is 28.8 Å². The molecule has 0 amide bonds. The van der Waals surface area contributed by atoms with Crippen LogP contribution in [0.1, 0.15) is 5.56 Å². The molecule has 3 nitrogen and oxygen atoms in total. The number of rotatable bonds is 3. The number of hydrogen-bond donors (Lipinski definition) is 1. The molecule has 0 radical (unpaired) electrons. The topological polar surface area (TPSA) is 29.9 Å². The number of halogens is 2. The second-order valence-corrected chi connectivity index (χ2v) is 5.89. The molecule has 0 aliphatic heterocycles. The summed E-state index contributed by atoms with van der Waals surface area (Å²) in [5.74, 6) is -0.320. The summed E-state index contributed by atoms with van der Waals surface area (Å²) < 4.78 is 21.6. The molecule has 0 spiro atoms. The molecule has 108 valence electrons. The van der Waals surface area contributed by atoms with E-state index >= 15 is 0 Å².